The zero-order valence-electron chi connectivity index (χ0n) is 11.9. The zero-order chi connectivity index (χ0) is 14.1. The van der Waals surface area contributed by atoms with Gasteiger partial charge in [-0.05, 0) is 57.5 Å². The standard InChI is InChI=1S/C16H21BrN2O/c1-18-9-3-7-14(18)15-8-4-10-19(15)16(20)12-5-2-6-13(17)11-12/h2,5-6,11,14-15H,3-4,7-10H2,1H3. The molecule has 108 valence electrons. The maximum absolute atomic E-state index is 12.8. The molecule has 2 heterocycles. The molecule has 1 amide bonds. The third-order valence-corrected chi connectivity index (χ3v) is 5.15. The van der Waals surface area contributed by atoms with Gasteiger partial charge < -0.3 is 9.80 Å². The van der Waals surface area contributed by atoms with Gasteiger partial charge in [-0.15, -0.1) is 0 Å². The lowest BCUT2D eigenvalue weighted by atomic mass is 10.0. The largest absolute Gasteiger partial charge is 0.334 e. The second-order valence-electron chi connectivity index (χ2n) is 5.91. The minimum absolute atomic E-state index is 0.189. The highest BCUT2D eigenvalue weighted by Gasteiger charge is 2.38. The van der Waals surface area contributed by atoms with Gasteiger partial charge in [-0.25, -0.2) is 0 Å². The highest BCUT2D eigenvalue weighted by atomic mass is 79.9. The lowest BCUT2D eigenvalue weighted by Gasteiger charge is -2.33. The Labute approximate surface area is 129 Å². The van der Waals surface area contributed by atoms with Crippen LogP contribution in [-0.4, -0.2) is 47.9 Å². The van der Waals surface area contributed by atoms with Gasteiger partial charge in [0.1, 0.15) is 0 Å². The summed E-state index contributed by atoms with van der Waals surface area (Å²) in [6.45, 7) is 2.07. The number of amides is 1. The molecule has 3 nitrogen and oxygen atoms in total. The summed E-state index contributed by atoms with van der Waals surface area (Å²) in [6, 6.07) is 8.69. The first-order valence-corrected chi connectivity index (χ1v) is 8.23. The van der Waals surface area contributed by atoms with E-state index in [4.69, 9.17) is 0 Å². The Morgan fingerprint density at radius 1 is 1.20 bits per heavy atom. The average Bonchev–Trinajstić information content (AvgIpc) is 3.06. The average molecular weight is 337 g/mol. The van der Waals surface area contributed by atoms with E-state index >= 15 is 0 Å². The molecule has 0 saturated carbocycles. The summed E-state index contributed by atoms with van der Waals surface area (Å²) in [5.41, 5.74) is 0.798. The molecule has 0 spiro atoms. The van der Waals surface area contributed by atoms with E-state index in [2.05, 4.69) is 32.8 Å². The number of hydrogen-bond acceptors (Lipinski definition) is 2. The van der Waals surface area contributed by atoms with Crippen molar-refractivity contribution in [3.8, 4) is 0 Å². The molecule has 0 aromatic heterocycles. The van der Waals surface area contributed by atoms with Crippen molar-refractivity contribution in [1.82, 2.24) is 9.80 Å². The van der Waals surface area contributed by atoms with Crippen molar-refractivity contribution in [2.45, 2.75) is 37.8 Å². The molecule has 0 radical (unpaired) electrons. The van der Waals surface area contributed by atoms with Crippen LogP contribution in [0.5, 0.6) is 0 Å². The molecule has 0 N–H and O–H groups in total. The second-order valence-corrected chi connectivity index (χ2v) is 6.82. The second kappa shape index (κ2) is 5.86. The lowest BCUT2D eigenvalue weighted by molar-refractivity contribution is 0.0664. The van der Waals surface area contributed by atoms with Gasteiger partial charge in [-0.1, -0.05) is 22.0 Å². The molecule has 2 unspecified atom stereocenters. The van der Waals surface area contributed by atoms with Gasteiger partial charge >= 0.3 is 0 Å². The number of carbonyl (C=O) groups is 1. The van der Waals surface area contributed by atoms with Crippen LogP contribution in [0, 0.1) is 0 Å². The van der Waals surface area contributed by atoms with Gasteiger partial charge in [0.2, 0.25) is 0 Å². The number of hydrogen-bond donors (Lipinski definition) is 0. The summed E-state index contributed by atoms with van der Waals surface area (Å²) >= 11 is 3.45. The Morgan fingerprint density at radius 2 is 1.95 bits per heavy atom. The van der Waals surface area contributed by atoms with E-state index in [9.17, 15) is 4.79 Å². The fourth-order valence-corrected chi connectivity index (χ4v) is 4.05. The zero-order valence-corrected chi connectivity index (χ0v) is 13.5. The van der Waals surface area contributed by atoms with Gasteiger partial charge in [0, 0.05) is 28.7 Å². The first-order valence-electron chi connectivity index (χ1n) is 7.43. The fraction of sp³-hybridized carbons (Fsp3) is 0.562. The van der Waals surface area contributed by atoms with Crippen molar-refractivity contribution < 1.29 is 4.79 Å². The predicted octanol–water partition coefficient (Wildman–Crippen LogP) is 3.15. The van der Waals surface area contributed by atoms with Crippen LogP contribution in [0.2, 0.25) is 0 Å². The van der Waals surface area contributed by atoms with Crippen LogP contribution >= 0.6 is 15.9 Å². The number of rotatable bonds is 2. The normalized spacial score (nSPS) is 27.2. The molecule has 2 aliphatic rings. The molecular formula is C16H21BrN2O. The van der Waals surface area contributed by atoms with Crippen molar-refractivity contribution in [2.75, 3.05) is 20.1 Å². The molecule has 1 aromatic carbocycles. The molecule has 0 aliphatic carbocycles. The van der Waals surface area contributed by atoms with Crippen molar-refractivity contribution >= 4 is 21.8 Å². The van der Waals surface area contributed by atoms with Crippen LogP contribution in [0.4, 0.5) is 0 Å². The monoisotopic (exact) mass is 336 g/mol. The van der Waals surface area contributed by atoms with Crippen molar-refractivity contribution in [1.29, 1.82) is 0 Å². The molecule has 1 aromatic rings. The molecule has 4 heteroatoms. The maximum Gasteiger partial charge on any atom is 0.254 e. The quantitative estimate of drug-likeness (QED) is 0.828. The van der Waals surface area contributed by atoms with E-state index in [1.807, 2.05) is 24.3 Å². The van der Waals surface area contributed by atoms with Crippen LogP contribution in [0.15, 0.2) is 28.7 Å². The Balaban J connectivity index is 1.79. The Kier molecular flexibility index (Phi) is 4.13. The Morgan fingerprint density at radius 3 is 2.65 bits per heavy atom. The van der Waals surface area contributed by atoms with Crippen LogP contribution < -0.4 is 0 Å². The molecule has 2 atom stereocenters. The summed E-state index contributed by atoms with van der Waals surface area (Å²) in [4.78, 5) is 17.3. The van der Waals surface area contributed by atoms with E-state index in [0.717, 1.165) is 29.4 Å². The van der Waals surface area contributed by atoms with Crippen LogP contribution in [0.1, 0.15) is 36.0 Å². The van der Waals surface area contributed by atoms with Crippen LogP contribution in [-0.2, 0) is 0 Å². The summed E-state index contributed by atoms with van der Waals surface area (Å²) in [6.07, 6.45) is 4.77. The van der Waals surface area contributed by atoms with Gasteiger partial charge in [0.05, 0.1) is 0 Å². The Hall–Kier alpha value is -0.870. The summed E-state index contributed by atoms with van der Waals surface area (Å²) in [5, 5.41) is 0. The van der Waals surface area contributed by atoms with Crippen molar-refractivity contribution in [3.05, 3.63) is 34.3 Å². The number of halogens is 1. The fourth-order valence-electron chi connectivity index (χ4n) is 3.65. The molecule has 2 aliphatic heterocycles. The molecule has 20 heavy (non-hydrogen) atoms. The molecule has 3 rings (SSSR count). The summed E-state index contributed by atoms with van der Waals surface area (Å²) < 4.78 is 0.970. The van der Waals surface area contributed by atoms with Crippen LogP contribution in [0.25, 0.3) is 0 Å². The highest BCUT2D eigenvalue weighted by Crippen LogP contribution is 2.30. The van der Waals surface area contributed by atoms with E-state index < -0.39 is 0 Å². The first-order chi connectivity index (χ1) is 9.66. The number of nitrogens with zero attached hydrogens (tertiary/aromatic N) is 2. The maximum atomic E-state index is 12.8. The topological polar surface area (TPSA) is 23.6 Å². The molecule has 0 bridgehead atoms. The lowest BCUT2D eigenvalue weighted by Crippen LogP contribution is -2.47. The number of likely N-dealkylation sites (N-methyl/N-ethyl adjacent to an activating group) is 1. The molecular weight excluding hydrogens is 316 g/mol. The van der Waals surface area contributed by atoms with E-state index in [-0.39, 0.29) is 5.91 Å². The molecule has 2 fully saturated rings. The van der Waals surface area contributed by atoms with Crippen molar-refractivity contribution in [3.63, 3.8) is 0 Å². The number of benzene rings is 1. The summed E-state index contributed by atoms with van der Waals surface area (Å²) in [5.74, 6) is 0.189. The molecule has 2 saturated heterocycles. The smallest absolute Gasteiger partial charge is 0.254 e. The first kappa shape index (κ1) is 14.1. The van der Waals surface area contributed by atoms with E-state index in [1.165, 1.54) is 19.4 Å². The third-order valence-electron chi connectivity index (χ3n) is 4.65. The number of likely N-dealkylation sites (tertiary alicyclic amines) is 2. The van der Waals surface area contributed by atoms with Gasteiger partial charge in [0.25, 0.3) is 5.91 Å². The van der Waals surface area contributed by atoms with Gasteiger partial charge in [-0.3, -0.25) is 4.79 Å². The van der Waals surface area contributed by atoms with E-state index in [0.29, 0.717) is 12.1 Å². The van der Waals surface area contributed by atoms with Gasteiger partial charge in [-0.2, -0.15) is 0 Å². The van der Waals surface area contributed by atoms with E-state index in [1.54, 1.807) is 0 Å². The Bertz CT molecular complexity index is 505. The van der Waals surface area contributed by atoms with Crippen molar-refractivity contribution in [2.24, 2.45) is 0 Å². The SMILES string of the molecule is CN1CCCC1C1CCCN1C(=O)c1cccc(Br)c1. The minimum atomic E-state index is 0.189. The summed E-state index contributed by atoms with van der Waals surface area (Å²) in [7, 11) is 2.19. The predicted molar refractivity (Wildman–Crippen MR) is 83.9 cm³/mol. The highest BCUT2D eigenvalue weighted by molar-refractivity contribution is 9.10. The number of carbonyl (C=O) groups excluding carboxylic acids is 1. The minimum Gasteiger partial charge on any atom is -0.334 e. The van der Waals surface area contributed by atoms with Crippen LogP contribution in [0.3, 0.4) is 0 Å². The van der Waals surface area contributed by atoms with Gasteiger partial charge in [0.15, 0.2) is 0 Å². The third kappa shape index (κ3) is 2.63.